The maximum Gasteiger partial charge on any atom is 0.136 e. The molecule has 0 bridgehead atoms. The fourth-order valence-corrected chi connectivity index (χ4v) is 3.00. The minimum atomic E-state index is 0.627. The largest absolute Gasteiger partial charge is 0.385 e. The van der Waals surface area contributed by atoms with Gasteiger partial charge in [-0.2, -0.15) is 0 Å². The van der Waals surface area contributed by atoms with Crippen molar-refractivity contribution < 1.29 is 4.74 Å². The predicted octanol–water partition coefficient (Wildman–Crippen LogP) is 2.54. The number of rotatable bonds is 1. The minimum Gasteiger partial charge on any atom is -0.385 e. The first-order valence-electron chi connectivity index (χ1n) is 7.32. The Morgan fingerprint density at radius 2 is 2.35 bits per heavy atom. The van der Waals surface area contributed by atoms with Gasteiger partial charge in [0, 0.05) is 18.8 Å². The molecule has 3 heterocycles. The monoisotopic (exact) mass is 269 g/mol. The standard InChI is InChI=1S/C16H19N3O/c1-11-2-4-13(17-9-11)12-3-5-15-14(8-12)18-16-10-20-7-6-19(15)16/h3-5,8,11,17H,2,6-7,9-10H2,1H3/t11-/m0/s1. The van der Waals surface area contributed by atoms with Crippen LogP contribution < -0.4 is 5.32 Å². The number of benzene rings is 1. The van der Waals surface area contributed by atoms with Crippen LogP contribution in [0.15, 0.2) is 24.3 Å². The molecule has 2 aromatic rings. The molecule has 2 aliphatic rings. The third-order valence-electron chi connectivity index (χ3n) is 4.19. The van der Waals surface area contributed by atoms with Crippen LogP contribution in [-0.2, 0) is 17.9 Å². The van der Waals surface area contributed by atoms with Crippen LogP contribution in [0.4, 0.5) is 0 Å². The van der Waals surface area contributed by atoms with Crippen molar-refractivity contribution >= 4 is 16.7 Å². The zero-order chi connectivity index (χ0) is 13.5. The molecule has 104 valence electrons. The second-order valence-corrected chi connectivity index (χ2v) is 5.78. The molecule has 0 amide bonds. The van der Waals surface area contributed by atoms with E-state index in [0.29, 0.717) is 6.61 Å². The number of nitrogens with zero attached hydrogens (tertiary/aromatic N) is 2. The number of nitrogens with one attached hydrogen (secondary N) is 1. The van der Waals surface area contributed by atoms with Gasteiger partial charge in [-0.3, -0.25) is 0 Å². The van der Waals surface area contributed by atoms with Crippen molar-refractivity contribution in [2.45, 2.75) is 26.5 Å². The van der Waals surface area contributed by atoms with Gasteiger partial charge in [0.15, 0.2) is 0 Å². The van der Waals surface area contributed by atoms with Gasteiger partial charge in [-0.1, -0.05) is 19.1 Å². The highest BCUT2D eigenvalue weighted by Crippen LogP contribution is 2.25. The predicted molar refractivity (Wildman–Crippen MR) is 79.1 cm³/mol. The van der Waals surface area contributed by atoms with Gasteiger partial charge < -0.3 is 14.6 Å². The average molecular weight is 269 g/mol. The lowest BCUT2D eigenvalue weighted by atomic mass is 10.00. The van der Waals surface area contributed by atoms with Crippen LogP contribution in [0.3, 0.4) is 0 Å². The Morgan fingerprint density at radius 1 is 1.40 bits per heavy atom. The smallest absolute Gasteiger partial charge is 0.136 e. The fraction of sp³-hybridized carbons (Fsp3) is 0.438. The van der Waals surface area contributed by atoms with E-state index in [9.17, 15) is 0 Å². The van der Waals surface area contributed by atoms with E-state index in [4.69, 9.17) is 9.72 Å². The summed E-state index contributed by atoms with van der Waals surface area (Å²) in [5, 5.41) is 3.51. The van der Waals surface area contributed by atoms with Gasteiger partial charge in [-0.15, -0.1) is 0 Å². The second-order valence-electron chi connectivity index (χ2n) is 5.78. The Bertz CT molecular complexity index is 686. The fourth-order valence-electron chi connectivity index (χ4n) is 3.00. The van der Waals surface area contributed by atoms with Gasteiger partial charge in [0.25, 0.3) is 0 Å². The Hall–Kier alpha value is -1.81. The lowest BCUT2D eigenvalue weighted by Crippen LogP contribution is -2.23. The van der Waals surface area contributed by atoms with Crippen LogP contribution >= 0.6 is 0 Å². The number of hydrogen-bond acceptors (Lipinski definition) is 3. The maximum atomic E-state index is 5.48. The molecule has 2 aliphatic heterocycles. The molecule has 0 unspecified atom stereocenters. The molecule has 4 rings (SSSR count). The summed E-state index contributed by atoms with van der Waals surface area (Å²) in [5.41, 5.74) is 4.77. The molecular weight excluding hydrogens is 250 g/mol. The number of imidazole rings is 1. The lowest BCUT2D eigenvalue weighted by Gasteiger charge is -2.21. The summed E-state index contributed by atoms with van der Waals surface area (Å²) in [7, 11) is 0. The molecule has 1 aromatic carbocycles. The minimum absolute atomic E-state index is 0.627. The normalized spacial score (nSPS) is 22.2. The van der Waals surface area contributed by atoms with Crippen molar-refractivity contribution in [3.8, 4) is 0 Å². The zero-order valence-corrected chi connectivity index (χ0v) is 11.7. The quantitative estimate of drug-likeness (QED) is 0.864. The van der Waals surface area contributed by atoms with Crippen molar-refractivity contribution in [2.24, 2.45) is 5.92 Å². The van der Waals surface area contributed by atoms with Crippen molar-refractivity contribution in [3.63, 3.8) is 0 Å². The molecule has 0 saturated heterocycles. The zero-order valence-electron chi connectivity index (χ0n) is 11.7. The average Bonchev–Trinajstić information content (AvgIpc) is 2.85. The summed E-state index contributed by atoms with van der Waals surface area (Å²) >= 11 is 0. The first kappa shape index (κ1) is 12.0. The number of ether oxygens (including phenoxy) is 1. The van der Waals surface area contributed by atoms with Crippen LogP contribution in [0.5, 0.6) is 0 Å². The van der Waals surface area contributed by atoms with Gasteiger partial charge >= 0.3 is 0 Å². The molecule has 20 heavy (non-hydrogen) atoms. The first-order valence-corrected chi connectivity index (χ1v) is 7.32. The maximum absolute atomic E-state index is 5.48. The summed E-state index contributed by atoms with van der Waals surface area (Å²) in [6.07, 6.45) is 3.45. The molecule has 1 N–H and O–H groups in total. The van der Waals surface area contributed by atoms with Crippen LogP contribution in [-0.4, -0.2) is 22.7 Å². The van der Waals surface area contributed by atoms with Crippen LogP contribution in [0, 0.1) is 5.92 Å². The van der Waals surface area contributed by atoms with Crippen molar-refractivity contribution in [2.75, 3.05) is 13.2 Å². The number of hydrogen-bond donors (Lipinski definition) is 1. The molecule has 0 saturated carbocycles. The van der Waals surface area contributed by atoms with E-state index in [2.05, 4.69) is 41.1 Å². The van der Waals surface area contributed by atoms with Crippen LogP contribution in [0.25, 0.3) is 16.7 Å². The topological polar surface area (TPSA) is 39.1 Å². The van der Waals surface area contributed by atoms with Gasteiger partial charge in [0.2, 0.25) is 0 Å². The van der Waals surface area contributed by atoms with Crippen LogP contribution in [0.1, 0.15) is 24.7 Å². The Kier molecular flexibility index (Phi) is 2.77. The highest BCUT2D eigenvalue weighted by Gasteiger charge is 2.16. The molecule has 0 spiro atoms. The summed E-state index contributed by atoms with van der Waals surface area (Å²) in [5.74, 6) is 1.77. The molecular formula is C16H19N3O. The van der Waals surface area contributed by atoms with E-state index >= 15 is 0 Å². The molecule has 4 nitrogen and oxygen atoms in total. The summed E-state index contributed by atoms with van der Waals surface area (Å²) in [6, 6.07) is 6.57. The molecule has 0 aliphatic carbocycles. The molecule has 4 heteroatoms. The van der Waals surface area contributed by atoms with Crippen molar-refractivity contribution in [3.05, 3.63) is 35.7 Å². The summed E-state index contributed by atoms with van der Waals surface area (Å²) < 4.78 is 7.75. The number of allylic oxidation sites excluding steroid dienone is 1. The van der Waals surface area contributed by atoms with E-state index in [-0.39, 0.29) is 0 Å². The second kappa shape index (κ2) is 4.63. The lowest BCUT2D eigenvalue weighted by molar-refractivity contribution is 0.0830. The number of aromatic nitrogens is 2. The molecule has 0 radical (unpaired) electrons. The highest BCUT2D eigenvalue weighted by molar-refractivity contribution is 5.81. The van der Waals surface area contributed by atoms with E-state index in [1.54, 1.807) is 0 Å². The van der Waals surface area contributed by atoms with Gasteiger partial charge in [0.05, 0.1) is 17.6 Å². The van der Waals surface area contributed by atoms with Crippen molar-refractivity contribution in [1.82, 2.24) is 14.9 Å². The third kappa shape index (κ3) is 1.91. The van der Waals surface area contributed by atoms with Gasteiger partial charge in [0.1, 0.15) is 12.4 Å². The van der Waals surface area contributed by atoms with Gasteiger partial charge in [-0.05, 0) is 30.0 Å². The third-order valence-corrected chi connectivity index (χ3v) is 4.19. The Morgan fingerprint density at radius 3 is 3.20 bits per heavy atom. The molecule has 1 aromatic heterocycles. The highest BCUT2D eigenvalue weighted by atomic mass is 16.5. The van der Waals surface area contributed by atoms with Gasteiger partial charge in [-0.25, -0.2) is 4.98 Å². The molecule has 1 atom stereocenters. The Balaban J connectivity index is 1.76. The van der Waals surface area contributed by atoms with E-state index in [0.717, 1.165) is 43.4 Å². The molecule has 0 fully saturated rings. The summed E-state index contributed by atoms with van der Waals surface area (Å²) in [4.78, 5) is 4.71. The number of fused-ring (bicyclic) bond motifs is 3. The first-order chi connectivity index (χ1) is 9.81. The van der Waals surface area contributed by atoms with E-state index < -0.39 is 0 Å². The van der Waals surface area contributed by atoms with Crippen LogP contribution in [0.2, 0.25) is 0 Å². The van der Waals surface area contributed by atoms with Crippen molar-refractivity contribution in [1.29, 1.82) is 0 Å². The summed E-state index contributed by atoms with van der Waals surface area (Å²) in [6.45, 7) is 5.64. The van der Waals surface area contributed by atoms with E-state index in [1.165, 1.54) is 16.8 Å². The Labute approximate surface area is 118 Å². The SMILES string of the molecule is C[C@H]1CC=C(c2ccc3c(c2)nc2n3CCOC2)NC1. The van der Waals surface area contributed by atoms with E-state index in [1.807, 2.05) is 0 Å².